The minimum Gasteiger partial charge on any atom is -0.495 e. The number of aromatic nitrogens is 2. The molecule has 31 heavy (non-hydrogen) atoms. The maximum atomic E-state index is 12.7. The second-order valence-electron chi connectivity index (χ2n) is 6.33. The summed E-state index contributed by atoms with van der Waals surface area (Å²) in [4.78, 5) is 12.7. The van der Waals surface area contributed by atoms with Crippen molar-refractivity contribution in [3.05, 3.63) is 75.2 Å². The van der Waals surface area contributed by atoms with Gasteiger partial charge in [-0.1, -0.05) is 5.16 Å². The molecule has 156 valence electrons. The molecule has 0 fully saturated rings. The van der Waals surface area contributed by atoms with Crippen molar-refractivity contribution >= 4 is 42.7 Å². The molecule has 0 radical (unpaired) electrons. The molecule has 0 spiro atoms. The monoisotopic (exact) mass is 500 g/mol. The Morgan fingerprint density at radius 3 is 2.68 bits per heavy atom. The normalized spacial score (nSPS) is 11.3. The van der Waals surface area contributed by atoms with Crippen molar-refractivity contribution in [2.24, 2.45) is 0 Å². The molecule has 1 N–H and O–H groups in total. The minimum atomic E-state index is -3.93. The van der Waals surface area contributed by atoms with E-state index in [1.54, 1.807) is 6.07 Å². The van der Waals surface area contributed by atoms with Crippen molar-refractivity contribution in [3.8, 4) is 17.5 Å². The van der Waals surface area contributed by atoms with Crippen molar-refractivity contribution in [2.75, 3.05) is 11.8 Å². The molecule has 0 aliphatic rings. The summed E-state index contributed by atoms with van der Waals surface area (Å²) < 4.78 is 39.6. The predicted molar refractivity (Wildman–Crippen MR) is 116 cm³/mol. The summed E-state index contributed by atoms with van der Waals surface area (Å²) >= 11 is 3.30. The van der Waals surface area contributed by atoms with E-state index in [9.17, 15) is 18.5 Å². The van der Waals surface area contributed by atoms with Gasteiger partial charge in [0.25, 0.3) is 15.6 Å². The third kappa shape index (κ3) is 3.78. The smallest absolute Gasteiger partial charge is 0.263 e. The van der Waals surface area contributed by atoms with Crippen LogP contribution in [0.2, 0.25) is 0 Å². The Labute approximate surface area is 184 Å². The number of halogens is 1. The standard InChI is InChI=1S/C20H13BrN4O5S/c1-29-18-10-15(21)13(11-22)9-17(18)25-16-4-3-14(8-12(16)2-5-20(25)26)31(27,28)24-19-6-7-30-23-19/h2-10H,1H3,(H,23,24). The van der Waals surface area contributed by atoms with Gasteiger partial charge in [0.15, 0.2) is 5.82 Å². The molecule has 4 aromatic rings. The molecule has 9 nitrogen and oxygen atoms in total. The number of ether oxygens (including phenoxy) is 1. The number of methoxy groups -OCH3 is 1. The van der Waals surface area contributed by atoms with Crippen LogP contribution in [0.4, 0.5) is 5.82 Å². The highest BCUT2D eigenvalue weighted by Gasteiger charge is 2.19. The zero-order valence-corrected chi connectivity index (χ0v) is 18.3. The minimum absolute atomic E-state index is 0.0197. The number of hydrogen-bond donors (Lipinski definition) is 1. The van der Waals surface area contributed by atoms with Crippen LogP contribution in [-0.2, 0) is 10.0 Å². The molecule has 0 atom stereocenters. The Morgan fingerprint density at radius 2 is 2.00 bits per heavy atom. The highest BCUT2D eigenvalue weighted by atomic mass is 79.9. The second-order valence-corrected chi connectivity index (χ2v) is 8.87. The quantitative estimate of drug-likeness (QED) is 0.444. The number of fused-ring (bicyclic) bond motifs is 1. The lowest BCUT2D eigenvalue weighted by atomic mass is 10.1. The molecule has 0 unspecified atom stereocenters. The summed E-state index contributed by atoms with van der Waals surface area (Å²) in [5, 5.41) is 13.4. The van der Waals surface area contributed by atoms with E-state index in [4.69, 9.17) is 4.74 Å². The number of anilines is 1. The number of pyridine rings is 1. The fourth-order valence-electron chi connectivity index (χ4n) is 3.07. The SMILES string of the molecule is COc1cc(Br)c(C#N)cc1-n1c(=O)ccc2cc(S(=O)(=O)Nc3ccon3)ccc21. The number of benzene rings is 2. The number of nitrogens with one attached hydrogen (secondary N) is 1. The highest BCUT2D eigenvalue weighted by Crippen LogP contribution is 2.31. The van der Waals surface area contributed by atoms with Gasteiger partial charge in [0.05, 0.1) is 28.8 Å². The molecule has 2 heterocycles. The Balaban J connectivity index is 1.91. The lowest BCUT2D eigenvalue weighted by Gasteiger charge is -2.15. The molecule has 4 rings (SSSR count). The third-order valence-corrected chi connectivity index (χ3v) is 6.49. The molecule has 0 saturated carbocycles. The molecule has 2 aromatic heterocycles. The van der Waals surface area contributed by atoms with Crippen LogP contribution in [0.1, 0.15) is 5.56 Å². The van der Waals surface area contributed by atoms with Gasteiger partial charge in [0.1, 0.15) is 18.1 Å². The first-order chi connectivity index (χ1) is 14.8. The molecule has 0 aliphatic heterocycles. The van der Waals surface area contributed by atoms with E-state index >= 15 is 0 Å². The van der Waals surface area contributed by atoms with Gasteiger partial charge in [-0.2, -0.15) is 5.26 Å². The molecule has 0 saturated heterocycles. The summed E-state index contributed by atoms with van der Waals surface area (Å²) in [6, 6.07) is 13.7. The molecular formula is C20H13BrN4O5S. The molecule has 11 heteroatoms. The molecule has 0 aliphatic carbocycles. The summed E-state index contributed by atoms with van der Waals surface area (Å²) in [6.07, 6.45) is 1.25. The zero-order chi connectivity index (χ0) is 22.2. The van der Waals surface area contributed by atoms with E-state index in [-0.39, 0.29) is 16.3 Å². The number of nitriles is 1. The van der Waals surface area contributed by atoms with Gasteiger partial charge in [0.2, 0.25) is 0 Å². The van der Waals surface area contributed by atoms with Crippen LogP contribution >= 0.6 is 15.9 Å². The fraction of sp³-hybridized carbons (Fsp3) is 0.0500. The van der Waals surface area contributed by atoms with Crippen LogP contribution in [0.3, 0.4) is 0 Å². The van der Waals surface area contributed by atoms with E-state index in [1.165, 1.54) is 60.4 Å². The first-order valence-electron chi connectivity index (χ1n) is 8.71. The maximum absolute atomic E-state index is 12.7. The van der Waals surface area contributed by atoms with E-state index in [0.29, 0.717) is 32.4 Å². The molecular weight excluding hydrogens is 488 g/mol. The lowest BCUT2D eigenvalue weighted by Crippen LogP contribution is -2.19. The van der Waals surface area contributed by atoms with Crippen LogP contribution in [0.5, 0.6) is 5.75 Å². The number of hydrogen-bond acceptors (Lipinski definition) is 7. The number of rotatable bonds is 5. The summed E-state index contributed by atoms with van der Waals surface area (Å²) in [5.41, 5.74) is 0.746. The Bertz CT molecular complexity index is 1510. The molecule has 2 aromatic carbocycles. The van der Waals surface area contributed by atoms with E-state index < -0.39 is 10.0 Å². The van der Waals surface area contributed by atoms with Crippen LogP contribution < -0.4 is 15.0 Å². The van der Waals surface area contributed by atoms with Gasteiger partial charge in [-0.15, -0.1) is 0 Å². The van der Waals surface area contributed by atoms with Crippen molar-refractivity contribution in [1.82, 2.24) is 9.72 Å². The van der Waals surface area contributed by atoms with Crippen molar-refractivity contribution in [2.45, 2.75) is 4.90 Å². The fourth-order valence-corrected chi connectivity index (χ4v) is 4.51. The van der Waals surface area contributed by atoms with E-state index in [2.05, 4.69) is 36.4 Å². The largest absolute Gasteiger partial charge is 0.495 e. The Morgan fingerprint density at radius 1 is 1.19 bits per heavy atom. The summed E-state index contributed by atoms with van der Waals surface area (Å²) in [7, 11) is -2.47. The van der Waals surface area contributed by atoms with E-state index in [1.807, 2.05) is 0 Å². The summed E-state index contributed by atoms with van der Waals surface area (Å²) in [5.74, 6) is 0.415. The van der Waals surface area contributed by atoms with Crippen LogP contribution in [-0.4, -0.2) is 25.3 Å². The van der Waals surface area contributed by atoms with E-state index in [0.717, 1.165) is 0 Å². The van der Waals surface area contributed by atoms with Gasteiger partial charge >= 0.3 is 0 Å². The molecule has 0 amide bonds. The maximum Gasteiger partial charge on any atom is 0.263 e. The highest BCUT2D eigenvalue weighted by molar-refractivity contribution is 9.10. The van der Waals surface area contributed by atoms with Gasteiger partial charge in [0, 0.05) is 22.0 Å². The average Bonchev–Trinajstić information content (AvgIpc) is 3.25. The van der Waals surface area contributed by atoms with Gasteiger partial charge in [-0.3, -0.25) is 14.1 Å². The van der Waals surface area contributed by atoms with Gasteiger partial charge in [-0.05, 0) is 52.3 Å². The van der Waals surface area contributed by atoms with Gasteiger partial charge in [-0.25, -0.2) is 8.42 Å². The zero-order valence-electron chi connectivity index (χ0n) is 15.9. The Hall–Kier alpha value is -3.62. The average molecular weight is 501 g/mol. The van der Waals surface area contributed by atoms with Crippen LogP contribution in [0, 0.1) is 11.3 Å². The van der Waals surface area contributed by atoms with Crippen molar-refractivity contribution in [3.63, 3.8) is 0 Å². The van der Waals surface area contributed by atoms with Crippen LogP contribution in [0.15, 0.2) is 73.5 Å². The van der Waals surface area contributed by atoms with Crippen LogP contribution in [0.25, 0.3) is 16.6 Å². The third-order valence-electron chi connectivity index (χ3n) is 4.48. The molecule has 0 bridgehead atoms. The van der Waals surface area contributed by atoms with Crippen molar-refractivity contribution in [1.29, 1.82) is 5.26 Å². The number of sulfonamides is 1. The second kappa shape index (κ2) is 7.90. The Kier molecular flexibility index (Phi) is 5.26. The summed E-state index contributed by atoms with van der Waals surface area (Å²) in [6.45, 7) is 0. The first kappa shape index (κ1) is 20.6. The van der Waals surface area contributed by atoms with Gasteiger partial charge < -0.3 is 9.26 Å². The lowest BCUT2D eigenvalue weighted by molar-refractivity contribution is 0.412. The number of nitrogens with zero attached hydrogens (tertiary/aromatic N) is 3. The first-order valence-corrected chi connectivity index (χ1v) is 11.0. The van der Waals surface area contributed by atoms with Crippen molar-refractivity contribution < 1.29 is 17.7 Å². The predicted octanol–water partition coefficient (Wildman–Crippen LogP) is 3.42. The topological polar surface area (TPSA) is 127 Å².